The monoisotopic (exact) mass is 323 g/mol. The minimum atomic E-state index is -0.614. The highest BCUT2D eigenvalue weighted by Crippen LogP contribution is 2.18. The van der Waals surface area contributed by atoms with Crippen LogP contribution in [0.25, 0.3) is 10.8 Å². The summed E-state index contributed by atoms with van der Waals surface area (Å²) in [5.74, 6) is -0.437. The number of carbonyl (C=O) groups is 1. The van der Waals surface area contributed by atoms with Crippen molar-refractivity contribution in [2.24, 2.45) is 0 Å². The molecule has 2 aromatic carbocycles. The Morgan fingerprint density at radius 2 is 1.83 bits per heavy atom. The highest BCUT2D eigenvalue weighted by molar-refractivity contribution is 5.94. The van der Waals surface area contributed by atoms with E-state index in [-0.39, 0.29) is 12.2 Å². The molecule has 3 aromatic rings. The number of hydrogen-bond donors (Lipinski definition) is 1. The van der Waals surface area contributed by atoms with Crippen molar-refractivity contribution in [2.45, 2.75) is 6.54 Å². The molecule has 0 aliphatic carbocycles. The maximum atomic E-state index is 12.1. The van der Waals surface area contributed by atoms with Crippen LogP contribution in [0.5, 0.6) is 0 Å². The number of aromatic nitrogens is 1. The fourth-order valence-corrected chi connectivity index (χ4v) is 2.37. The molecule has 0 bridgehead atoms. The molecule has 0 saturated heterocycles. The van der Waals surface area contributed by atoms with E-state index in [1.807, 2.05) is 36.4 Å². The van der Waals surface area contributed by atoms with E-state index in [9.17, 15) is 19.7 Å². The van der Waals surface area contributed by atoms with Gasteiger partial charge in [0.15, 0.2) is 0 Å². The van der Waals surface area contributed by atoms with Gasteiger partial charge in [-0.15, -0.1) is 0 Å². The number of nitro groups is 1. The third kappa shape index (κ3) is 3.30. The van der Waals surface area contributed by atoms with Crippen molar-refractivity contribution < 1.29 is 9.72 Å². The van der Waals surface area contributed by atoms with E-state index in [0.29, 0.717) is 5.69 Å². The van der Waals surface area contributed by atoms with Crippen LogP contribution in [0.3, 0.4) is 0 Å². The van der Waals surface area contributed by atoms with Crippen molar-refractivity contribution in [3.8, 4) is 0 Å². The van der Waals surface area contributed by atoms with Crippen LogP contribution in [0.15, 0.2) is 65.6 Å². The van der Waals surface area contributed by atoms with Gasteiger partial charge in [-0.25, -0.2) is 0 Å². The van der Waals surface area contributed by atoms with Gasteiger partial charge in [-0.2, -0.15) is 0 Å². The average Bonchev–Trinajstić information content (AvgIpc) is 2.56. The van der Waals surface area contributed by atoms with E-state index in [1.54, 1.807) is 6.07 Å². The molecule has 0 aliphatic heterocycles. The van der Waals surface area contributed by atoms with Crippen LogP contribution in [-0.2, 0) is 11.3 Å². The molecule has 1 heterocycles. The normalized spacial score (nSPS) is 10.5. The van der Waals surface area contributed by atoms with Gasteiger partial charge in [0.2, 0.25) is 5.91 Å². The van der Waals surface area contributed by atoms with Gasteiger partial charge in [0, 0.05) is 17.8 Å². The lowest BCUT2D eigenvalue weighted by atomic mass is 10.1. The summed E-state index contributed by atoms with van der Waals surface area (Å²) in [5.41, 5.74) is -0.125. The number of fused-ring (bicyclic) bond motifs is 1. The molecular formula is C17H13N3O4. The molecule has 0 atom stereocenters. The van der Waals surface area contributed by atoms with Crippen LogP contribution in [-0.4, -0.2) is 15.4 Å². The van der Waals surface area contributed by atoms with E-state index < -0.39 is 16.4 Å². The van der Waals surface area contributed by atoms with Gasteiger partial charge >= 0.3 is 0 Å². The number of nitrogens with zero attached hydrogens (tertiary/aromatic N) is 2. The molecule has 1 amide bonds. The predicted octanol–water partition coefficient (Wildman–Crippen LogP) is 2.55. The topological polar surface area (TPSA) is 94.2 Å². The van der Waals surface area contributed by atoms with Crippen molar-refractivity contribution in [3.63, 3.8) is 0 Å². The van der Waals surface area contributed by atoms with Gasteiger partial charge in [0.05, 0.1) is 11.1 Å². The molecule has 1 aromatic heterocycles. The van der Waals surface area contributed by atoms with Crippen LogP contribution < -0.4 is 10.9 Å². The van der Waals surface area contributed by atoms with Crippen LogP contribution in [0.1, 0.15) is 0 Å². The summed E-state index contributed by atoms with van der Waals surface area (Å²) in [5, 5.41) is 15.5. The first-order valence-electron chi connectivity index (χ1n) is 7.16. The zero-order valence-electron chi connectivity index (χ0n) is 12.5. The van der Waals surface area contributed by atoms with Crippen molar-refractivity contribution in [2.75, 3.05) is 5.32 Å². The van der Waals surface area contributed by atoms with Crippen molar-refractivity contribution >= 4 is 28.1 Å². The second kappa shape index (κ2) is 6.33. The van der Waals surface area contributed by atoms with Crippen LogP contribution >= 0.6 is 0 Å². The second-order valence-electron chi connectivity index (χ2n) is 5.22. The summed E-state index contributed by atoms with van der Waals surface area (Å²) in [6, 6.07) is 15.4. The maximum absolute atomic E-state index is 12.1. The minimum absolute atomic E-state index is 0.242. The molecule has 0 unspecified atom stereocenters. The molecular weight excluding hydrogens is 310 g/mol. The fraction of sp³-hybridized carbons (Fsp3) is 0.0588. The number of carbonyl (C=O) groups excluding carboxylic acids is 1. The van der Waals surface area contributed by atoms with Crippen LogP contribution in [0.4, 0.5) is 11.4 Å². The van der Waals surface area contributed by atoms with E-state index in [0.717, 1.165) is 33.7 Å². The summed E-state index contributed by atoms with van der Waals surface area (Å²) in [6.07, 6.45) is 1.06. The lowest BCUT2D eigenvalue weighted by molar-refractivity contribution is -0.385. The molecule has 0 spiro atoms. The number of pyridine rings is 1. The Labute approximate surface area is 136 Å². The van der Waals surface area contributed by atoms with E-state index in [2.05, 4.69) is 5.32 Å². The quantitative estimate of drug-likeness (QED) is 0.589. The largest absolute Gasteiger partial charge is 0.325 e. The van der Waals surface area contributed by atoms with Crippen molar-refractivity contribution in [1.29, 1.82) is 0 Å². The van der Waals surface area contributed by atoms with Gasteiger partial charge in [-0.1, -0.05) is 30.3 Å². The number of nitrogens with one attached hydrogen (secondary N) is 1. The first-order chi connectivity index (χ1) is 11.5. The molecule has 0 fully saturated rings. The summed E-state index contributed by atoms with van der Waals surface area (Å²) in [6.45, 7) is -0.298. The third-order valence-electron chi connectivity index (χ3n) is 3.53. The fourth-order valence-electron chi connectivity index (χ4n) is 2.37. The molecule has 7 heteroatoms. The standard InChI is InChI=1S/C17H13N3O4/c21-16(11-19-10-15(20(23)24)7-8-17(19)22)18-14-6-5-12-3-1-2-4-13(12)9-14/h1-10H,11H2,(H,18,21). The second-order valence-corrected chi connectivity index (χ2v) is 5.22. The average molecular weight is 323 g/mol. The first kappa shape index (κ1) is 15.4. The zero-order chi connectivity index (χ0) is 17.1. The molecule has 1 N–H and O–H groups in total. The number of anilines is 1. The van der Waals surface area contributed by atoms with E-state index in [4.69, 9.17) is 0 Å². The molecule has 7 nitrogen and oxygen atoms in total. The molecule has 120 valence electrons. The van der Waals surface area contributed by atoms with Gasteiger partial charge in [0.25, 0.3) is 11.2 Å². The molecule has 0 aliphatic rings. The maximum Gasteiger partial charge on any atom is 0.285 e. The van der Waals surface area contributed by atoms with E-state index in [1.165, 1.54) is 0 Å². The SMILES string of the molecule is O=C(Cn1cc([N+](=O)[O-])ccc1=O)Nc1ccc2ccccc2c1. The Balaban J connectivity index is 1.78. The smallest absolute Gasteiger partial charge is 0.285 e. The number of benzene rings is 2. The van der Waals surface area contributed by atoms with Gasteiger partial charge in [-0.05, 0) is 22.9 Å². The number of amides is 1. The minimum Gasteiger partial charge on any atom is -0.325 e. The van der Waals surface area contributed by atoms with Gasteiger partial charge in [0.1, 0.15) is 6.54 Å². The van der Waals surface area contributed by atoms with Crippen LogP contribution in [0.2, 0.25) is 0 Å². The van der Waals surface area contributed by atoms with Crippen molar-refractivity contribution in [3.05, 3.63) is 81.3 Å². The van der Waals surface area contributed by atoms with Crippen LogP contribution in [0, 0.1) is 10.1 Å². The Hall–Kier alpha value is -3.48. The molecule has 24 heavy (non-hydrogen) atoms. The van der Waals surface area contributed by atoms with Gasteiger partial charge < -0.3 is 5.32 Å². The Morgan fingerprint density at radius 1 is 1.08 bits per heavy atom. The number of rotatable bonds is 4. The summed E-state index contributed by atoms with van der Waals surface area (Å²) in [4.78, 5) is 34.0. The zero-order valence-corrected chi connectivity index (χ0v) is 12.5. The molecule has 0 saturated carbocycles. The van der Waals surface area contributed by atoms with E-state index >= 15 is 0 Å². The summed E-state index contributed by atoms with van der Waals surface area (Å²) >= 11 is 0. The Bertz CT molecular complexity index is 994. The number of hydrogen-bond acceptors (Lipinski definition) is 4. The molecule has 3 rings (SSSR count). The summed E-state index contributed by atoms with van der Waals surface area (Å²) < 4.78 is 1.01. The first-order valence-corrected chi connectivity index (χ1v) is 7.16. The highest BCUT2D eigenvalue weighted by Gasteiger charge is 2.11. The highest BCUT2D eigenvalue weighted by atomic mass is 16.6. The lowest BCUT2D eigenvalue weighted by Crippen LogP contribution is -2.26. The molecule has 0 radical (unpaired) electrons. The Kier molecular flexibility index (Phi) is 4.07. The Morgan fingerprint density at radius 3 is 2.58 bits per heavy atom. The van der Waals surface area contributed by atoms with Gasteiger partial charge in [-0.3, -0.25) is 24.3 Å². The van der Waals surface area contributed by atoms with Crippen molar-refractivity contribution in [1.82, 2.24) is 4.57 Å². The lowest BCUT2D eigenvalue weighted by Gasteiger charge is -2.08. The third-order valence-corrected chi connectivity index (χ3v) is 3.53. The predicted molar refractivity (Wildman–Crippen MR) is 89.9 cm³/mol. The summed E-state index contributed by atoms with van der Waals surface area (Å²) in [7, 11) is 0.